The standard InChI is InChI=1S/C16H16N2OS2/c1-10-7-8-11(15(17)20)9-13(10)18-16(19)12-5-3-4-6-14(12)21-2/h3-9H,1-2H3,(H2,17,20)(H,18,19). The molecule has 3 nitrogen and oxygen atoms in total. The van der Waals surface area contributed by atoms with Gasteiger partial charge in [0.1, 0.15) is 4.99 Å². The van der Waals surface area contributed by atoms with Gasteiger partial charge in [0.05, 0.1) is 5.56 Å². The summed E-state index contributed by atoms with van der Waals surface area (Å²) in [5, 5.41) is 2.93. The van der Waals surface area contributed by atoms with Crippen LogP contribution >= 0.6 is 24.0 Å². The van der Waals surface area contributed by atoms with Crippen molar-refractivity contribution in [2.24, 2.45) is 5.73 Å². The molecule has 0 saturated carbocycles. The zero-order valence-electron chi connectivity index (χ0n) is 11.8. The van der Waals surface area contributed by atoms with Gasteiger partial charge >= 0.3 is 0 Å². The van der Waals surface area contributed by atoms with E-state index in [1.165, 1.54) is 0 Å². The van der Waals surface area contributed by atoms with Crippen LogP contribution in [0.4, 0.5) is 5.69 Å². The Hall–Kier alpha value is -1.85. The summed E-state index contributed by atoms with van der Waals surface area (Å²) < 4.78 is 0. The zero-order valence-corrected chi connectivity index (χ0v) is 13.5. The van der Waals surface area contributed by atoms with Crippen LogP contribution in [0.15, 0.2) is 47.4 Å². The van der Waals surface area contributed by atoms with Crippen LogP contribution in [0.1, 0.15) is 21.5 Å². The van der Waals surface area contributed by atoms with Gasteiger partial charge in [-0.2, -0.15) is 0 Å². The Morgan fingerprint density at radius 2 is 1.95 bits per heavy atom. The molecule has 2 aromatic rings. The maximum absolute atomic E-state index is 12.4. The van der Waals surface area contributed by atoms with Gasteiger partial charge in [0.15, 0.2) is 0 Å². The molecule has 0 bridgehead atoms. The molecular formula is C16H16N2OS2. The number of hydrogen-bond donors (Lipinski definition) is 2. The number of nitrogens with two attached hydrogens (primary N) is 1. The van der Waals surface area contributed by atoms with Crippen molar-refractivity contribution in [2.75, 3.05) is 11.6 Å². The fourth-order valence-electron chi connectivity index (χ4n) is 1.93. The number of hydrogen-bond acceptors (Lipinski definition) is 3. The summed E-state index contributed by atoms with van der Waals surface area (Å²) in [6.45, 7) is 1.93. The van der Waals surface area contributed by atoms with Crippen molar-refractivity contribution in [1.82, 2.24) is 0 Å². The molecule has 0 saturated heterocycles. The van der Waals surface area contributed by atoms with Gasteiger partial charge in [-0.05, 0) is 36.9 Å². The number of amides is 1. The fourth-order valence-corrected chi connectivity index (χ4v) is 2.65. The number of nitrogens with one attached hydrogen (secondary N) is 1. The van der Waals surface area contributed by atoms with E-state index in [1.807, 2.05) is 49.6 Å². The van der Waals surface area contributed by atoms with Crippen LogP contribution in [0.25, 0.3) is 0 Å². The topological polar surface area (TPSA) is 55.1 Å². The van der Waals surface area contributed by atoms with Crippen molar-refractivity contribution in [3.8, 4) is 0 Å². The second-order valence-electron chi connectivity index (χ2n) is 4.55. The summed E-state index contributed by atoms with van der Waals surface area (Å²) >= 11 is 6.52. The number of benzene rings is 2. The lowest BCUT2D eigenvalue weighted by molar-refractivity contribution is 0.102. The summed E-state index contributed by atoms with van der Waals surface area (Å²) in [5.74, 6) is -0.136. The number of thioether (sulfide) groups is 1. The summed E-state index contributed by atoms with van der Waals surface area (Å²) in [4.78, 5) is 13.7. The Bertz CT molecular complexity index is 698. The average molecular weight is 316 g/mol. The first-order chi connectivity index (χ1) is 10.0. The van der Waals surface area contributed by atoms with Crippen LogP contribution in [0.5, 0.6) is 0 Å². The molecule has 0 unspecified atom stereocenters. The minimum Gasteiger partial charge on any atom is -0.389 e. The molecule has 1 amide bonds. The monoisotopic (exact) mass is 316 g/mol. The quantitative estimate of drug-likeness (QED) is 0.668. The van der Waals surface area contributed by atoms with Crippen molar-refractivity contribution in [1.29, 1.82) is 0 Å². The molecule has 0 aliphatic rings. The van der Waals surface area contributed by atoms with Crippen molar-refractivity contribution >= 4 is 40.6 Å². The van der Waals surface area contributed by atoms with Crippen LogP contribution in [0.2, 0.25) is 0 Å². The van der Waals surface area contributed by atoms with Crippen LogP contribution in [0.3, 0.4) is 0 Å². The first-order valence-corrected chi connectivity index (χ1v) is 8.01. The molecule has 21 heavy (non-hydrogen) atoms. The molecule has 0 radical (unpaired) electrons. The summed E-state index contributed by atoms with van der Waals surface area (Å²) in [6, 6.07) is 13.1. The second-order valence-corrected chi connectivity index (χ2v) is 5.84. The highest BCUT2D eigenvalue weighted by Gasteiger charge is 2.12. The number of carbonyl (C=O) groups excluding carboxylic acids is 1. The van der Waals surface area contributed by atoms with Gasteiger partial charge in [0.25, 0.3) is 5.91 Å². The molecule has 0 heterocycles. The van der Waals surface area contributed by atoms with E-state index in [2.05, 4.69) is 5.32 Å². The molecule has 5 heteroatoms. The Balaban J connectivity index is 2.31. The number of thiocarbonyl (C=S) groups is 1. The summed E-state index contributed by atoms with van der Waals surface area (Å²) in [6.07, 6.45) is 1.95. The smallest absolute Gasteiger partial charge is 0.256 e. The number of rotatable bonds is 4. The van der Waals surface area contributed by atoms with Crippen LogP contribution in [-0.4, -0.2) is 17.2 Å². The second kappa shape index (κ2) is 6.74. The molecule has 2 rings (SSSR count). The predicted molar refractivity (Wildman–Crippen MR) is 93.2 cm³/mol. The van der Waals surface area contributed by atoms with E-state index < -0.39 is 0 Å². The third-order valence-corrected chi connectivity index (χ3v) is 4.15. The van der Waals surface area contributed by atoms with Crippen LogP contribution in [0, 0.1) is 6.92 Å². The zero-order chi connectivity index (χ0) is 15.4. The molecule has 0 spiro atoms. The maximum Gasteiger partial charge on any atom is 0.256 e. The van der Waals surface area contributed by atoms with Gasteiger partial charge in [-0.15, -0.1) is 11.8 Å². The lowest BCUT2D eigenvalue weighted by Crippen LogP contribution is -2.15. The average Bonchev–Trinajstić information content (AvgIpc) is 2.49. The summed E-state index contributed by atoms with van der Waals surface area (Å²) in [5.41, 5.74) is 8.72. The molecule has 0 aliphatic carbocycles. The first kappa shape index (κ1) is 15.5. The van der Waals surface area contributed by atoms with E-state index in [-0.39, 0.29) is 5.91 Å². The minimum absolute atomic E-state index is 0.136. The number of carbonyl (C=O) groups is 1. The minimum atomic E-state index is -0.136. The van der Waals surface area contributed by atoms with E-state index in [1.54, 1.807) is 17.8 Å². The molecule has 108 valence electrons. The van der Waals surface area contributed by atoms with Crippen molar-refractivity contribution in [3.05, 3.63) is 59.2 Å². The molecular weight excluding hydrogens is 300 g/mol. The Kier molecular flexibility index (Phi) is 4.98. The van der Waals surface area contributed by atoms with Crippen LogP contribution in [-0.2, 0) is 0 Å². The molecule has 3 N–H and O–H groups in total. The Morgan fingerprint density at radius 1 is 1.24 bits per heavy atom. The highest BCUT2D eigenvalue weighted by molar-refractivity contribution is 7.98. The highest BCUT2D eigenvalue weighted by Crippen LogP contribution is 2.23. The normalized spacial score (nSPS) is 10.2. The van der Waals surface area contributed by atoms with Gasteiger partial charge in [0.2, 0.25) is 0 Å². The van der Waals surface area contributed by atoms with Gasteiger partial charge in [-0.3, -0.25) is 4.79 Å². The van der Waals surface area contributed by atoms with Gasteiger partial charge in [0, 0.05) is 16.1 Å². The lowest BCUT2D eigenvalue weighted by Gasteiger charge is -2.12. The first-order valence-electron chi connectivity index (χ1n) is 6.37. The van der Waals surface area contributed by atoms with E-state index in [0.717, 1.165) is 21.7 Å². The van der Waals surface area contributed by atoms with Gasteiger partial charge < -0.3 is 11.1 Å². The third-order valence-electron chi connectivity index (χ3n) is 3.12. The lowest BCUT2D eigenvalue weighted by atomic mass is 10.1. The molecule has 0 atom stereocenters. The maximum atomic E-state index is 12.4. The van der Waals surface area contributed by atoms with E-state index in [0.29, 0.717) is 10.6 Å². The highest BCUT2D eigenvalue weighted by atomic mass is 32.2. The predicted octanol–water partition coefficient (Wildman–Crippen LogP) is 3.60. The van der Waals surface area contributed by atoms with Crippen LogP contribution < -0.4 is 11.1 Å². The van der Waals surface area contributed by atoms with Crippen molar-refractivity contribution in [3.63, 3.8) is 0 Å². The van der Waals surface area contributed by atoms with E-state index in [9.17, 15) is 4.79 Å². The summed E-state index contributed by atoms with van der Waals surface area (Å²) in [7, 11) is 0. The van der Waals surface area contributed by atoms with E-state index in [4.69, 9.17) is 18.0 Å². The molecule has 0 fully saturated rings. The number of aryl methyl sites for hydroxylation is 1. The Morgan fingerprint density at radius 3 is 2.62 bits per heavy atom. The number of anilines is 1. The molecule has 0 aromatic heterocycles. The largest absolute Gasteiger partial charge is 0.389 e. The Labute approximate surface area is 133 Å². The van der Waals surface area contributed by atoms with Gasteiger partial charge in [-0.25, -0.2) is 0 Å². The fraction of sp³-hybridized carbons (Fsp3) is 0.125. The molecule has 2 aromatic carbocycles. The third kappa shape index (κ3) is 3.62. The van der Waals surface area contributed by atoms with Crippen molar-refractivity contribution in [2.45, 2.75) is 11.8 Å². The van der Waals surface area contributed by atoms with E-state index >= 15 is 0 Å². The molecule has 0 aliphatic heterocycles. The van der Waals surface area contributed by atoms with Gasteiger partial charge in [-0.1, -0.05) is 36.5 Å². The van der Waals surface area contributed by atoms with Crippen molar-refractivity contribution < 1.29 is 4.79 Å². The SMILES string of the molecule is CSc1ccccc1C(=O)Nc1cc(C(N)=S)ccc1C.